The number of fused-ring (bicyclic) bond motifs is 2. The van der Waals surface area contributed by atoms with E-state index in [0.29, 0.717) is 17.5 Å². The van der Waals surface area contributed by atoms with Crippen LogP contribution in [0.15, 0.2) is 24.3 Å². The molecule has 0 aromatic heterocycles. The first kappa shape index (κ1) is 12.3. The maximum absolute atomic E-state index is 11.8. The normalized spacial score (nSPS) is 28.3. The van der Waals surface area contributed by atoms with Gasteiger partial charge >= 0.3 is 0 Å². The molecule has 3 N–H and O–H groups in total. The summed E-state index contributed by atoms with van der Waals surface area (Å²) >= 11 is 0. The van der Waals surface area contributed by atoms with E-state index in [9.17, 15) is 4.79 Å². The Labute approximate surface area is 112 Å². The van der Waals surface area contributed by atoms with Crippen LogP contribution in [0.25, 0.3) is 0 Å². The molecular weight excluding hydrogens is 244 g/mol. The topological polar surface area (TPSA) is 73.6 Å². The number of hydrogen-bond donors (Lipinski definition) is 2. The van der Waals surface area contributed by atoms with Crippen molar-refractivity contribution >= 4 is 11.6 Å². The van der Waals surface area contributed by atoms with Crippen LogP contribution in [0, 0.1) is 0 Å². The number of nitrogens with two attached hydrogens (primary N) is 1. The largest absolute Gasteiger partial charge is 0.484 e. The van der Waals surface area contributed by atoms with Crippen LogP contribution in [-0.4, -0.2) is 30.8 Å². The molecule has 19 heavy (non-hydrogen) atoms. The maximum atomic E-state index is 11.8. The predicted molar refractivity (Wildman–Crippen MR) is 70.8 cm³/mol. The molecule has 2 aliphatic heterocycles. The van der Waals surface area contributed by atoms with Gasteiger partial charge in [-0.25, -0.2) is 0 Å². The first-order valence-electron chi connectivity index (χ1n) is 6.64. The number of rotatable bonds is 4. The van der Waals surface area contributed by atoms with Gasteiger partial charge < -0.3 is 20.5 Å². The summed E-state index contributed by atoms with van der Waals surface area (Å²) in [6.07, 6.45) is 3.64. The van der Waals surface area contributed by atoms with Gasteiger partial charge in [-0.15, -0.1) is 0 Å². The Kier molecular flexibility index (Phi) is 3.29. The van der Waals surface area contributed by atoms with Crippen molar-refractivity contribution in [3.8, 4) is 5.75 Å². The number of benzene rings is 1. The van der Waals surface area contributed by atoms with Gasteiger partial charge in [-0.3, -0.25) is 4.79 Å². The minimum atomic E-state index is -0.0991. The van der Waals surface area contributed by atoms with Crippen LogP contribution in [-0.2, 0) is 9.53 Å². The van der Waals surface area contributed by atoms with Crippen molar-refractivity contribution < 1.29 is 14.3 Å². The molecule has 102 valence electrons. The van der Waals surface area contributed by atoms with Crippen LogP contribution >= 0.6 is 0 Å². The molecular formula is C14H18N2O3. The summed E-state index contributed by atoms with van der Waals surface area (Å²) in [5.41, 5.74) is 6.25. The predicted octanol–water partition coefficient (Wildman–Crippen LogP) is 1.08. The average Bonchev–Trinajstić information content (AvgIpc) is 3.00. The standard InChI is InChI=1S/C14H18N2O3/c15-9-1-3-10(4-2-9)18-8-14(17)16-12-7-11-5-6-13(12)19-11/h1-4,11-13H,5-8,15H2,(H,16,17). The molecule has 3 atom stereocenters. The van der Waals surface area contributed by atoms with Crippen molar-refractivity contribution in [2.75, 3.05) is 12.3 Å². The second-order valence-corrected chi connectivity index (χ2v) is 5.14. The van der Waals surface area contributed by atoms with E-state index >= 15 is 0 Å². The van der Waals surface area contributed by atoms with E-state index in [0.717, 1.165) is 19.3 Å². The number of ether oxygens (including phenoxy) is 2. The number of nitrogen functional groups attached to an aromatic ring is 1. The molecule has 3 unspecified atom stereocenters. The van der Waals surface area contributed by atoms with E-state index in [1.807, 2.05) is 0 Å². The first-order valence-corrected chi connectivity index (χ1v) is 6.64. The van der Waals surface area contributed by atoms with E-state index in [-0.39, 0.29) is 24.7 Å². The molecule has 0 aliphatic carbocycles. The van der Waals surface area contributed by atoms with Gasteiger partial charge in [-0.05, 0) is 43.5 Å². The Bertz CT molecular complexity index is 460. The van der Waals surface area contributed by atoms with Crippen LogP contribution in [0.1, 0.15) is 19.3 Å². The molecule has 0 radical (unpaired) electrons. The van der Waals surface area contributed by atoms with Crippen LogP contribution in [0.3, 0.4) is 0 Å². The van der Waals surface area contributed by atoms with Crippen LogP contribution in [0.5, 0.6) is 5.75 Å². The molecule has 0 saturated carbocycles. The Morgan fingerprint density at radius 1 is 1.37 bits per heavy atom. The van der Waals surface area contributed by atoms with E-state index in [1.54, 1.807) is 24.3 Å². The number of carbonyl (C=O) groups is 1. The second-order valence-electron chi connectivity index (χ2n) is 5.14. The first-order chi connectivity index (χ1) is 9.20. The summed E-state index contributed by atoms with van der Waals surface area (Å²) in [7, 11) is 0. The number of anilines is 1. The van der Waals surface area contributed by atoms with Gasteiger partial charge in [0.1, 0.15) is 5.75 Å². The van der Waals surface area contributed by atoms with E-state index in [1.165, 1.54) is 0 Å². The van der Waals surface area contributed by atoms with Crippen molar-refractivity contribution in [3.63, 3.8) is 0 Å². The molecule has 2 saturated heterocycles. The highest BCUT2D eigenvalue weighted by atomic mass is 16.5. The lowest BCUT2D eigenvalue weighted by atomic mass is 9.95. The number of carbonyl (C=O) groups excluding carboxylic acids is 1. The molecule has 5 nitrogen and oxygen atoms in total. The zero-order chi connectivity index (χ0) is 13.2. The number of amides is 1. The summed E-state index contributed by atoms with van der Waals surface area (Å²) in [6, 6.07) is 7.15. The second kappa shape index (κ2) is 5.09. The zero-order valence-corrected chi connectivity index (χ0v) is 10.7. The summed E-state index contributed by atoms with van der Waals surface area (Å²) < 4.78 is 11.1. The van der Waals surface area contributed by atoms with E-state index < -0.39 is 0 Å². The summed E-state index contributed by atoms with van der Waals surface area (Å²) in [6.45, 7) is 0.0256. The highest BCUT2D eigenvalue weighted by molar-refractivity contribution is 5.78. The van der Waals surface area contributed by atoms with Crippen molar-refractivity contribution in [2.24, 2.45) is 0 Å². The third-order valence-electron chi connectivity index (χ3n) is 3.70. The lowest BCUT2D eigenvalue weighted by Crippen LogP contribution is -2.43. The maximum Gasteiger partial charge on any atom is 0.258 e. The fourth-order valence-corrected chi connectivity index (χ4v) is 2.75. The Balaban J connectivity index is 1.45. The van der Waals surface area contributed by atoms with E-state index in [4.69, 9.17) is 15.2 Å². The zero-order valence-electron chi connectivity index (χ0n) is 10.7. The van der Waals surface area contributed by atoms with Gasteiger partial charge in [0.2, 0.25) is 0 Å². The van der Waals surface area contributed by atoms with Crippen molar-refractivity contribution in [3.05, 3.63) is 24.3 Å². The average molecular weight is 262 g/mol. The van der Waals surface area contributed by atoms with Gasteiger partial charge in [0.25, 0.3) is 5.91 Å². The van der Waals surface area contributed by atoms with Gasteiger partial charge in [-0.1, -0.05) is 0 Å². The third-order valence-corrected chi connectivity index (χ3v) is 3.70. The van der Waals surface area contributed by atoms with Crippen molar-refractivity contribution in [1.82, 2.24) is 5.32 Å². The molecule has 2 heterocycles. The molecule has 0 spiro atoms. The Hall–Kier alpha value is -1.75. The van der Waals surface area contributed by atoms with Crippen LogP contribution < -0.4 is 15.8 Å². The highest BCUT2D eigenvalue weighted by Gasteiger charge is 2.41. The minimum absolute atomic E-state index is 0.0256. The van der Waals surface area contributed by atoms with Crippen molar-refractivity contribution in [2.45, 2.75) is 37.5 Å². The molecule has 1 amide bonds. The van der Waals surface area contributed by atoms with Gasteiger partial charge in [0.15, 0.2) is 6.61 Å². The summed E-state index contributed by atoms with van der Waals surface area (Å²) in [5, 5.41) is 2.98. The third kappa shape index (κ3) is 2.81. The lowest BCUT2D eigenvalue weighted by molar-refractivity contribution is -0.124. The van der Waals surface area contributed by atoms with Gasteiger partial charge in [-0.2, -0.15) is 0 Å². The number of hydrogen-bond acceptors (Lipinski definition) is 4. The fourth-order valence-electron chi connectivity index (χ4n) is 2.75. The Morgan fingerprint density at radius 3 is 2.79 bits per heavy atom. The van der Waals surface area contributed by atoms with E-state index in [2.05, 4.69) is 5.32 Å². The molecule has 5 heteroatoms. The lowest BCUT2D eigenvalue weighted by Gasteiger charge is -2.20. The quantitative estimate of drug-likeness (QED) is 0.796. The highest BCUT2D eigenvalue weighted by Crippen LogP contribution is 2.34. The number of nitrogens with one attached hydrogen (secondary N) is 1. The smallest absolute Gasteiger partial charge is 0.258 e. The summed E-state index contributed by atoms with van der Waals surface area (Å²) in [5.74, 6) is 0.548. The minimum Gasteiger partial charge on any atom is -0.484 e. The van der Waals surface area contributed by atoms with Gasteiger partial charge in [0.05, 0.1) is 18.2 Å². The fraction of sp³-hybridized carbons (Fsp3) is 0.500. The monoisotopic (exact) mass is 262 g/mol. The summed E-state index contributed by atoms with van der Waals surface area (Å²) in [4.78, 5) is 11.8. The SMILES string of the molecule is Nc1ccc(OCC(=O)NC2CC3CCC2O3)cc1. The molecule has 1 aromatic carbocycles. The molecule has 2 fully saturated rings. The van der Waals surface area contributed by atoms with Crippen molar-refractivity contribution in [1.29, 1.82) is 0 Å². The molecule has 2 bridgehead atoms. The van der Waals surface area contributed by atoms with Crippen LogP contribution in [0.2, 0.25) is 0 Å². The molecule has 3 rings (SSSR count). The van der Waals surface area contributed by atoms with Gasteiger partial charge in [0, 0.05) is 5.69 Å². The molecule has 1 aromatic rings. The molecule has 2 aliphatic rings. The Morgan fingerprint density at radius 2 is 2.16 bits per heavy atom. The van der Waals surface area contributed by atoms with Crippen LogP contribution in [0.4, 0.5) is 5.69 Å².